The van der Waals surface area contributed by atoms with Crippen LogP contribution in [-0.2, 0) is 16.1 Å². The number of para-hydroxylation sites is 1. The number of pyridine rings is 1. The summed E-state index contributed by atoms with van der Waals surface area (Å²) < 4.78 is 5.48. The first kappa shape index (κ1) is 19.6. The van der Waals surface area contributed by atoms with Crippen LogP contribution in [0.2, 0.25) is 0 Å². The lowest BCUT2D eigenvalue weighted by Gasteiger charge is -2.29. The molecular weight excluding hydrogens is 356 g/mol. The molecule has 2 heterocycles. The van der Waals surface area contributed by atoms with Gasteiger partial charge in [0.05, 0.1) is 18.7 Å². The maximum absolute atomic E-state index is 13.2. The van der Waals surface area contributed by atoms with Crippen molar-refractivity contribution in [2.45, 2.75) is 33.4 Å². The number of carbonyl (C=O) groups excluding carboxylic acids is 2. The molecule has 6 heteroatoms. The molecule has 0 spiro atoms. The van der Waals surface area contributed by atoms with Gasteiger partial charge in [-0.05, 0) is 23.8 Å². The second-order valence-corrected chi connectivity index (χ2v) is 7.77. The van der Waals surface area contributed by atoms with Crippen LogP contribution in [0.25, 0.3) is 0 Å². The van der Waals surface area contributed by atoms with E-state index in [0.717, 1.165) is 5.56 Å². The van der Waals surface area contributed by atoms with Crippen molar-refractivity contribution in [3.63, 3.8) is 0 Å². The fourth-order valence-electron chi connectivity index (χ4n) is 3.35. The van der Waals surface area contributed by atoms with Gasteiger partial charge < -0.3 is 14.7 Å². The largest absolute Gasteiger partial charge is 0.503 e. The zero-order chi connectivity index (χ0) is 20.5. The molecule has 1 amide bonds. The minimum absolute atomic E-state index is 0.107. The Hall–Kier alpha value is -3.15. The smallest absolute Gasteiger partial charge is 0.290 e. The number of nitrogens with zero attached hydrogens (tertiary/aromatic N) is 2. The highest BCUT2D eigenvalue weighted by Crippen LogP contribution is 2.44. The van der Waals surface area contributed by atoms with Gasteiger partial charge in [0, 0.05) is 29.9 Å². The van der Waals surface area contributed by atoms with Crippen molar-refractivity contribution in [1.82, 2.24) is 9.88 Å². The van der Waals surface area contributed by atoms with Crippen LogP contribution in [0.1, 0.15) is 37.9 Å². The summed E-state index contributed by atoms with van der Waals surface area (Å²) in [7, 11) is 1.54. The normalized spacial score (nSPS) is 17.2. The minimum Gasteiger partial charge on any atom is -0.503 e. The first-order valence-electron chi connectivity index (χ1n) is 9.06. The standard InChI is InChI=1S/C22H24N2O4/c1-22(2,3)20(26)17-18(15-7-5-6-8-16(15)28-4)24(21(27)19(17)25)13-14-9-11-23-12-10-14/h5-12,18,25H,13H2,1-4H3. The first-order chi connectivity index (χ1) is 13.3. The summed E-state index contributed by atoms with van der Waals surface area (Å²) in [6.45, 7) is 5.54. The Morgan fingerprint density at radius 3 is 2.43 bits per heavy atom. The van der Waals surface area contributed by atoms with Gasteiger partial charge in [0.2, 0.25) is 0 Å². The Morgan fingerprint density at radius 2 is 1.82 bits per heavy atom. The van der Waals surface area contributed by atoms with E-state index in [9.17, 15) is 14.7 Å². The lowest BCUT2D eigenvalue weighted by molar-refractivity contribution is -0.130. The van der Waals surface area contributed by atoms with Crippen molar-refractivity contribution in [2.75, 3.05) is 7.11 Å². The second kappa shape index (κ2) is 7.46. The van der Waals surface area contributed by atoms with E-state index < -0.39 is 23.1 Å². The molecule has 1 aromatic carbocycles. The number of methoxy groups -OCH3 is 1. The molecule has 0 fully saturated rings. The summed E-state index contributed by atoms with van der Waals surface area (Å²) in [6, 6.07) is 10.1. The van der Waals surface area contributed by atoms with Gasteiger partial charge in [-0.15, -0.1) is 0 Å². The Bertz CT molecular complexity index is 929. The number of rotatable bonds is 5. The average molecular weight is 380 g/mol. The van der Waals surface area contributed by atoms with Crippen molar-refractivity contribution >= 4 is 11.7 Å². The SMILES string of the molecule is COc1ccccc1C1C(C(=O)C(C)(C)C)=C(O)C(=O)N1Cc1ccncc1. The maximum Gasteiger partial charge on any atom is 0.290 e. The monoisotopic (exact) mass is 380 g/mol. The number of aromatic nitrogens is 1. The number of hydrogen-bond donors (Lipinski definition) is 1. The third-order valence-corrected chi connectivity index (χ3v) is 4.77. The van der Waals surface area contributed by atoms with Crippen LogP contribution >= 0.6 is 0 Å². The number of aliphatic hydroxyl groups excluding tert-OH is 1. The second-order valence-electron chi connectivity index (χ2n) is 7.77. The van der Waals surface area contributed by atoms with E-state index in [-0.39, 0.29) is 17.9 Å². The summed E-state index contributed by atoms with van der Waals surface area (Å²) >= 11 is 0. The van der Waals surface area contributed by atoms with Gasteiger partial charge in [-0.3, -0.25) is 14.6 Å². The Kier molecular flexibility index (Phi) is 5.23. The zero-order valence-corrected chi connectivity index (χ0v) is 16.5. The predicted molar refractivity (Wildman–Crippen MR) is 105 cm³/mol. The maximum atomic E-state index is 13.2. The van der Waals surface area contributed by atoms with Gasteiger partial charge in [-0.25, -0.2) is 0 Å². The number of hydrogen-bond acceptors (Lipinski definition) is 5. The number of ether oxygens (including phenoxy) is 1. The zero-order valence-electron chi connectivity index (χ0n) is 16.5. The average Bonchev–Trinajstić information content (AvgIpc) is 2.92. The van der Waals surface area contributed by atoms with Crippen LogP contribution in [0.4, 0.5) is 0 Å². The molecule has 3 rings (SSSR count). The van der Waals surface area contributed by atoms with Crippen LogP contribution in [0.5, 0.6) is 5.75 Å². The van der Waals surface area contributed by atoms with E-state index in [0.29, 0.717) is 11.3 Å². The van der Waals surface area contributed by atoms with Crippen LogP contribution in [0.3, 0.4) is 0 Å². The number of aliphatic hydroxyl groups is 1. The Morgan fingerprint density at radius 1 is 1.18 bits per heavy atom. The molecule has 6 nitrogen and oxygen atoms in total. The lowest BCUT2D eigenvalue weighted by atomic mass is 9.82. The molecule has 2 aromatic rings. The molecule has 1 atom stereocenters. The van der Waals surface area contributed by atoms with Gasteiger partial charge in [-0.1, -0.05) is 39.0 Å². The predicted octanol–water partition coefficient (Wildman–Crippen LogP) is 3.60. The molecule has 1 unspecified atom stereocenters. The molecule has 0 radical (unpaired) electrons. The van der Waals surface area contributed by atoms with E-state index in [1.807, 2.05) is 18.2 Å². The molecular formula is C22H24N2O4. The lowest BCUT2D eigenvalue weighted by Crippen LogP contribution is -2.32. The molecule has 1 N–H and O–H groups in total. The number of benzene rings is 1. The highest BCUT2D eigenvalue weighted by molar-refractivity contribution is 6.10. The minimum atomic E-state index is -0.753. The summed E-state index contributed by atoms with van der Waals surface area (Å²) in [4.78, 5) is 31.6. The fraction of sp³-hybridized carbons (Fsp3) is 0.318. The van der Waals surface area contributed by atoms with E-state index in [1.165, 1.54) is 12.0 Å². The number of carbonyl (C=O) groups is 2. The number of amides is 1. The van der Waals surface area contributed by atoms with E-state index >= 15 is 0 Å². The number of ketones is 1. The number of Topliss-reactive ketones (excluding diaryl/α,β-unsaturated/α-hetero) is 1. The van der Waals surface area contributed by atoms with Crippen molar-refractivity contribution in [3.05, 3.63) is 71.3 Å². The summed E-state index contributed by atoms with van der Waals surface area (Å²) in [5.74, 6) is -0.786. The quantitative estimate of drug-likeness (QED) is 0.857. The van der Waals surface area contributed by atoms with Crippen LogP contribution in [-0.4, -0.2) is 33.8 Å². The summed E-state index contributed by atoms with van der Waals surface area (Å²) in [5.41, 5.74) is 0.858. The highest BCUT2D eigenvalue weighted by atomic mass is 16.5. The van der Waals surface area contributed by atoms with Gasteiger partial charge in [0.1, 0.15) is 5.75 Å². The third-order valence-electron chi connectivity index (χ3n) is 4.77. The van der Waals surface area contributed by atoms with Crippen molar-refractivity contribution in [2.24, 2.45) is 5.41 Å². The molecule has 0 bridgehead atoms. The summed E-state index contributed by atoms with van der Waals surface area (Å²) in [6.07, 6.45) is 3.28. The van der Waals surface area contributed by atoms with Gasteiger partial charge in [0.15, 0.2) is 11.5 Å². The molecule has 1 aliphatic rings. The van der Waals surface area contributed by atoms with Gasteiger partial charge in [-0.2, -0.15) is 0 Å². The molecule has 146 valence electrons. The molecule has 28 heavy (non-hydrogen) atoms. The molecule has 0 saturated carbocycles. The summed E-state index contributed by atoms with van der Waals surface area (Å²) in [5, 5.41) is 10.6. The Labute approximate surface area is 164 Å². The van der Waals surface area contributed by atoms with E-state index in [1.54, 1.807) is 51.4 Å². The van der Waals surface area contributed by atoms with Crippen LogP contribution < -0.4 is 4.74 Å². The molecule has 1 aliphatic heterocycles. The Balaban J connectivity index is 2.15. The third kappa shape index (κ3) is 3.50. The first-order valence-corrected chi connectivity index (χ1v) is 9.06. The molecule has 0 saturated heterocycles. The van der Waals surface area contributed by atoms with Crippen molar-refractivity contribution in [3.8, 4) is 5.75 Å². The molecule has 0 aliphatic carbocycles. The van der Waals surface area contributed by atoms with Gasteiger partial charge in [0.25, 0.3) is 5.91 Å². The van der Waals surface area contributed by atoms with Crippen LogP contribution in [0, 0.1) is 5.41 Å². The van der Waals surface area contributed by atoms with Gasteiger partial charge >= 0.3 is 0 Å². The van der Waals surface area contributed by atoms with E-state index in [4.69, 9.17) is 4.74 Å². The van der Waals surface area contributed by atoms with Crippen molar-refractivity contribution < 1.29 is 19.4 Å². The highest BCUT2D eigenvalue weighted by Gasteiger charge is 2.46. The van der Waals surface area contributed by atoms with E-state index in [2.05, 4.69) is 4.98 Å². The topological polar surface area (TPSA) is 79.7 Å². The molecule has 1 aromatic heterocycles. The fourth-order valence-corrected chi connectivity index (χ4v) is 3.35. The van der Waals surface area contributed by atoms with Crippen molar-refractivity contribution in [1.29, 1.82) is 0 Å². The van der Waals surface area contributed by atoms with Crippen LogP contribution in [0.15, 0.2) is 60.1 Å².